The molecule has 1 aromatic carbocycles. The second-order valence-electron chi connectivity index (χ2n) is 7.20. The van der Waals surface area contributed by atoms with Crippen LogP contribution in [0.2, 0.25) is 0 Å². The standard InChI is InChI=1S/C19H25NO3/c1-22-14-8-13(9-15(10-14)23-2)12-6-7-20(11-12)19(21)18-16-4-3-5-17(16)18/h8-10,12,16-18H,3-7,11H2,1-2H3. The number of hydrogen-bond donors (Lipinski definition) is 0. The molecule has 3 atom stereocenters. The van der Waals surface area contributed by atoms with Crippen molar-refractivity contribution in [1.82, 2.24) is 4.90 Å². The Labute approximate surface area is 137 Å². The van der Waals surface area contributed by atoms with Crippen molar-refractivity contribution < 1.29 is 14.3 Å². The van der Waals surface area contributed by atoms with Crippen LogP contribution in [0, 0.1) is 17.8 Å². The summed E-state index contributed by atoms with van der Waals surface area (Å²) in [5.41, 5.74) is 1.22. The maximum Gasteiger partial charge on any atom is 0.226 e. The molecule has 1 aliphatic heterocycles. The highest BCUT2D eigenvalue weighted by Gasteiger charge is 2.57. The van der Waals surface area contributed by atoms with Gasteiger partial charge in [0.1, 0.15) is 11.5 Å². The van der Waals surface area contributed by atoms with Gasteiger partial charge in [-0.15, -0.1) is 0 Å². The van der Waals surface area contributed by atoms with Gasteiger partial charge in [0, 0.05) is 31.0 Å². The van der Waals surface area contributed by atoms with Crippen molar-refractivity contribution in [3.05, 3.63) is 23.8 Å². The van der Waals surface area contributed by atoms with E-state index in [9.17, 15) is 4.79 Å². The third-order valence-corrected chi connectivity index (χ3v) is 6.04. The third kappa shape index (κ3) is 2.58. The summed E-state index contributed by atoms with van der Waals surface area (Å²) in [4.78, 5) is 14.8. The van der Waals surface area contributed by atoms with Crippen LogP contribution < -0.4 is 9.47 Å². The summed E-state index contributed by atoms with van der Waals surface area (Å²) >= 11 is 0. The van der Waals surface area contributed by atoms with E-state index in [2.05, 4.69) is 17.0 Å². The lowest BCUT2D eigenvalue weighted by Crippen LogP contribution is -2.31. The maximum atomic E-state index is 12.7. The van der Waals surface area contributed by atoms with Crippen LogP contribution in [0.15, 0.2) is 18.2 Å². The van der Waals surface area contributed by atoms with Crippen LogP contribution in [-0.2, 0) is 4.79 Å². The minimum absolute atomic E-state index is 0.349. The largest absolute Gasteiger partial charge is 0.497 e. The second kappa shape index (κ2) is 5.73. The van der Waals surface area contributed by atoms with Gasteiger partial charge in [-0.2, -0.15) is 0 Å². The molecule has 1 saturated heterocycles. The minimum Gasteiger partial charge on any atom is -0.497 e. The Morgan fingerprint density at radius 1 is 1.04 bits per heavy atom. The Morgan fingerprint density at radius 2 is 1.70 bits per heavy atom. The van der Waals surface area contributed by atoms with Crippen molar-refractivity contribution in [3.63, 3.8) is 0 Å². The zero-order valence-electron chi connectivity index (χ0n) is 14.0. The molecule has 3 fully saturated rings. The number of carbonyl (C=O) groups is 1. The van der Waals surface area contributed by atoms with Crippen LogP contribution in [0.1, 0.15) is 37.2 Å². The molecule has 4 rings (SSSR count). The average Bonchev–Trinajstić information content (AvgIpc) is 3.00. The summed E-state index contributed by atoms with van der Waals surface area (Å²) in [6.07, 6.45) is 4.90. The van der Waals surface area contributed by atoms with Gasteiger partial charge in [-0.1, -0.05) is 6.42 Å². The highest BCUT2D eigenvalue weighted by atomic mass is 16.5. The molecular weight excluding hydrogens is 290 g/mol. The van der Waals surface area contributed by atoms with Crippen LogP contribution in [0.4, 0.5) is 0 Å². The van der Waals surface area contributed by atoms with Crippen molar-refractivity contribution in [2.75, 3.05) is 27.3 Å². The van der Waals surface area contributed by atoms with E-state index in [0.717, 1.165) is 31.0 Å². The monoisotopic (exact) mass is 315 g/mol. The Hall–Kier alpha value is -1.71. The number of methoxy groups -OCH3 is 2. The van der Waals surface area contributed by atoms with Gasteiger partial charge in [0.25, 0.3) is 0 Å². The first-order valence-corrected chi connectivity index (χ1v) is 8.73. The second-order valence-corrected chi connectivity index (χ2v) is 7.20. The number of hydrogen-bond acceptors (Lipinski definition) is 3. The zero-order valence-corrected chi connectivity index (χ0v) is 14.0. The van der Waals surface area contributed by atoms with Crippen molar-refractivity contribution in [3.8, 4) is 11.5 Å². The summed E-state index contributed by atoms with van der Waals surface area (Å²) < 4.78 is 10.7. The summed E-state index contributed by atoms with van der Waals surface area (Å²) in [7, 11) is 3.35. The van der Waals surface area contributed by atoms with Gasteiger partial charge in [0.15, 0.2) is 0 Å². The molecule has 1 amide bonds. The first kappa shape index (κ1) is 14.9. The molecule has 0 aromatic heterocycles. The van der Waals surface area contributed by atoms with Gasteiger partial charge in [0.05, 0.1) is 14.2 Å². The van der Waals surface area contributed by atoms with E-state index in [1.54, 1.807) is 14.2 Å². The van der Waals surface area contributed by atoms with Crippen LogP contribution in [-0.4, -0.2) is 38.1 Å². The van der Waals surface area contributed by atoms with E-state index in [1.807, 2.05) is 6.07 Å². The molecule has 4 heteroatoms. The van der Waals surface area contributed by atoms with Crippen LogP contribution in [0.3, 0.4) is 0 Å². The molecular formula is C19H25NO3. The Balaban J connectivity index is 1.45. The van der Waals surface area contributed by atoms with Crippen molar-refractivity contribution in [2.24, 2.45) is 17.8 Å². The van der Waals surface area contributed by atoms with Gasteiger partial charge in [-0.05, 0) is 48.8 Å². The number of ether oxygens (including phenoxy) is 2. The molecule has 0 spiro atoms. The van der Waals surface area contributed by atoms with Crippen molar-refractivity contribution in [1.29, 1.82) is 0 Å². The summed E-state index contributed by atoms with van der Waals surface area (Å²) in [5.74, 6) is 4.21. The van der Waals surface area contributed by atoms with E-state index in [-0.39, 0.29) is 0 Å². The molecule has 23 heavy (non-hydrogen) atoms. The third-order valence-electron chi connectivity index (χ3n) is 6.04. The first-order chi connectivity index (χ1) is 11.2. The lowest BCUT2D eigenvalue weighted by molar-refractivity contribution is -0.132. The van der Waals surface area contributed by atoms with Gasteiger partial charge < -0.3 is 14.4 Å². The maximum absolute atomic E-state index is 12.7. The molecule has 0 radical (unpaired) electrons. The van der Waals surface area contributed by atoms with Gasteiger partial charge in [0.2, 0.25) is 5.91 Å². The molecule has 1 aromatic rings. The van der Waals surface area contributed by atoms with E-state index < -0.39 is 0 Å². The van der Waals surface area contributed by atoms with E-state index in [0.29, 0.717) is 29.6 Å². The predicted molar refractivity (Wildman–Crippen MR) is 87.8 cm³/mol. The topological polar surface area (TPSA) is 38.8 Å². The molecule has 2 saturated carbocycles. The number of benzene rings is 1. The molecule has 4 nitrogen and oxygen atoms in total. The molecule has 0 N–H and O–H groups in total. The zero-order chi connectivity index (χ0) is 16.0. The van der Waals surface area contributed by atoms with E-state index >= 15 is 0 Å². The summed E-state index contributed by atoms with van der Waals surface area (Å²) in [5, 5.41) is 0. The minimum atomic E-state index is 0.349. The smallest absolute Gasteiger partial charge is 0.226 e. The lowest BCUT2D eigenvalue weighted by atomic mass is 9.98. The fraction of sp³-hybridized carbons (Fsp3) is 0.632. The molecule has 3 unspecified atom stereocenters. The van der Waals surface area contributed by atoms with Crippen LogP contribution in [0.25, 0.3) is 0 Å². The molecule has 1 heterocycles. The highest BCUT2D eigenvalue weighted by Crippen LogP contribution is 2.58. The lowest BCUT2D eigenvalue weighted by Gasteiger charge is -2.18. The Kier molecular flexibility index (Phi) is 3.70. The molecule has 124 valence electrons. The van der Waals surface area contributed by atoms with Crippen molar-refractivity contribution in [2.45, 2.75) is 31.6 Å². The van der Waals surface area contributed by atoms with Crippen LogP contribution >= 0.6 is 0 Å². The fourth-order valence-electron chi connectivity index (χ4n) is 4.70. The number of likely N-dealkylation sites (tertiary alicyclic amines) is 1. The SMILES string of the molecule is COc1cc(OC)cc(C2CCN(C(=O)C3C4CCCC43)C2)c1. The number of carbonyl (C=O) groups excluding carboxylic acids is 1. The highest BCUT2D eigenvalue weighted by molar-refractivity contribution is 5.83. The fourth-order valence-corrected chi connectivity index (χ4v) is 4.70. The summed E-state index contributed by atoms with van der Waals surface area (Å²) in [6, 6.07) is 6.05. The predicted octanol–water partition coefficient (Wildman–Crippen LogP) is 3.07. The molecule has 3 aliphatic rings. The normalized spacial score (nSPS) is 31.8. The van der Waals surface area contributed by atoms with Gasteiger partial charge in [-0.25, -0.2) is 0 Å². The Morgan fingerprint density at radius 3 is 2.30 bits per heavy atom. The molecule has 0 bridgehead atoms. The number of nitrogens with zero attached hydrogens (tertiary/aromatic N) is 1. The molecule has 2 aliphatic carbocycles. The Bertz CT molecular complexity index is 582. The van der Waals surface area contributed by atoms with Crippen molar-refractivity contribution >= 4 is 5.91 Å². The quantitative estimate of drug-likeness (QED) is 0.857. The number of fused-ring (bicyclic) bond motifs is 1. The number of rotatable bonds is 4. The van der Waals surface area contributed by atoms with Crippen LogP contribution in [0.5, 0.6) is 11.5 Å². The average molecular weight is 315 g/mol. The van der Waals surface area contributed by atoms with Gasteiger partial charge in [-0.3, -0.25) is 4.79 Å². The first-order valence-electron chi connectivity index (χ1n) is 8.73. The summed E-state index contributed by atoms with van der Waals surface area (Å²) in [6.45, 7) is 1.73. The number of amides is 1. The van der Waals surface area contributed by atoms with E-state index in [1.165, 1.54) is 24.8 Å². The van der Waals surface area contributed by atoms with Gasteiger partial charge >= 0.3 is 0 Å². The van der Waals surface area contributed by atoms with E-state index in [4.69, 9.17) is 9.47 Å².